The predicted molar refractivity (Wildman–Crippen MR) is 74.5 cm³/mol. The molecule has 2 rings (SSSR count). The van der Waals surface area contributed by atoms with Gasteiger partial charge in [0.05, 0.1) is 5.52 Å². The lowest BCUT2D eigenvalue weighted by Gasteiger charge is -2.13. The van der Waals surface area contributed by atoms with Gasteiger partial charge in [-0.05, 0) is 18.1 Å². The summed E-state index contributed by atoms with van der Waals surface area (Å²) in [5.74, 6) is 0.754. The van der Waals surface area contributed by atoms with E-state index >= 15 is 0 Å². The highest BCUT2D eigenvalue weighted by molar-refractivity contribution is 5.84. The number of ketones is 1. The summed E-state index contributed by atoms with van der Waals surface area (Å²) in [6.45, 7) is 6.15. The number of para-hydroxylation sites is 1. The number of benzene rings is 1. The molecule has 0 spiro atoms. The quantitative estimate of drug-likeness (QED) is 0.818. The fraction of sp³-hybridized carbons (Fsp3) is 0.375. The van der Waals surface area contributed by atoms with E-state index in [0.717, 1.165) is 16.6 Å². The maximum absolute atomic E-state index is 12.0. The van der Waals surface area contributed by atoms with Crippen molar-refractivity contribution in [2.24, 2.45) is 11.8 Å². The summed E-state index contributed by atoms with van der Waals surface area (Å²) in [4.78, 5) is 16.6. The number of pyridine rings is 1. The van der Waals surface area contributed by atoms with Crippen LogP contribution in [0.2, 0.25) is 0 Å². The number of hydrogen-bond acceptors (Lipinski definition) is 2. The maximum atomic E-state index is 12.0. The van der Waals surface area contributed by atoms with Crippen LogP contribution in [0.3, 0.4) is 0 Å². The molecule has 1 atom stereocenters. The molecule has 0 radical (unpaired) electrons. The van der Waals surface area contributed by atoms with E-state index in [0.29, 0.717) is 12.3 Å². The summed E-state index contributed by atoms with van der Waals surface area (Å²) >= 11 is 0. The van der Waals surface area contributed by atoms with Crippen molar-refractivity contribution in [1.82, 2.24) is 4.98 Å². The zero-order valence-electron chi connectivity index (χ0n) is 11.2. The predicted octanol–water partition coefficient (Wildman–Crippen LogP) is 3.64. The van der Waals surface area contributed by atoms with Crippen molar-refractivity contribution in [3.63, 3.8) is 0 Å². The van der Waals surface area contributed by atoms with Gasteiger partial charge in [-0.25, -0.2) is 0 Å². The van der Waals surface area contributed by atoms with Gasteiger partial charge in [0.15, 0.2) is 0 Å². The summed E-state index contributed by atoms with van der Waals surface area (Å²) in [6, 6.07) is 12.0. The Morgan fingerprint density at radius 1 is 1.11 bits per heavy atom. The number of carbonyl (C=O) groups is 1. The summed E-state index contributed by atoms with van der Waals surface area (Å²) in [5.41, 5.74) is 1.83. The molecular weight excluding hydrogens is 222 g/mol. The molecule has 1 aromatic heterocycles. The minimum Gasteiger partial charge on any atom is -0.299 e. The van der Waals surface area contributed by atoms with Crippen molar-refractivity contribution in [2.45, 2.75) is 27.2 Å². The van der Waals surface area contributed by atoms with Crippen molar-refractivity contribution in [2.75, 3.05) is 0 Å². The number of carbonyl (C=O) groups excluding carboxylic acids is 1. The Bertz CT molecular complexity index is 560. The zero-order chi connectivity index (χ0) is 13.1. The van der Waals surface area contributed by atoms with E-state index in [1.165, 1.54) is 0 Å². The van der Waals surface area contributed by atoms with Crippen molar-refractivity contribution < 1.29 is 4.79 Å². The van der Waals surface area contributed by atoms with E-state index in [4.69, 9.17) is 0 Å². The van der Waals surface area contributed by atoms with Crippen molar-refractivity contribution in [1.29, 1.82) is 0 Å². The van der Waals surface area contributed by atoms with Gasteiger partial charge in [-0.15, -0.1) is 0 Å². The molecule has 1 unspecified atom stereocenters. The van der Waals surface area contributed by atoms with Crippen LogP contribution in [0.1, 0.15) is 26.5 Å². The molecule has 0 amide bonds. The van der Waals surface area contributed by atoms with E-state index in [2.05, 4.69) is 18.8 Å². The highest BCUT2D eigenvalue weighted by atomic mass is 16.1. The third kappa shape index (κ3) is 2.76. The third-order valence-electron chi connectivity index (χ3n) is 3.52. The number of fused-ring (bicyclic) bond motifs is 1. The second-order valence-corrected chi connectivity index (χ2v) is 5.17. The van der Waals surface area contributed by atoms with E-state index < -0.39 is 0 Å². The van der Waals surface area contributed by atoms with Crippen LogP contribution in [-0.4, -0.2) is 10.8 Å². The first-order chi connectivity index (χ1) is 8.58. The molecule has 0 aliphatic heterocycles. The SMILES string of the molecule is CC(C)C(C)C(=O)Cc1ccc2ccccc2n1. The smallest absolute Gasteiger partial charge is 0.141 e. The van der Waals surface area contributed by atoms with Gasteiger partial charge in [0.2, 0.25) is 0 Å². The average Bonchev–Trinajstić information content (AvgIpc) is 2.37. The van der Waals surface area contributed by atoms with E-state index in [9.17, 15) is 4.79 Å². The van der Waals surface area contributed by atoms with Crippen LogP contribution in [0.4, 0.5) is 0 Å². The fourth-order valence-corrected chi connectivity index (χ4v) is 1.92. The van der Waals surface area contributed by atoms with Gasteiger partial charge in [-0.2, -0.15) is 0 Å². The van der Waals surface area contributed by atoms with Crippen LogP contribution in [0.15, 0.2) is 36.4 Å². The summed E-state index contributed by atoms with van der Waals surface area (Å²) < 4.78 is 0. The Labute approximate surface area is 108 Å². The van der Waals surface area contributed by atoms with Crippen LogP contribution in [-0.2, 0) is 11.2 Å². The number of nitrogens with zero attached hydrogens (tertiary/aromatic N) is 1. The molecule has 18 heavy (non-hydrogen) atoms. The average molecular weight is 241 g/mol. The van der Waals surface area contributed by atoms with E-state index in [-0.39, 0.29) is 11.7 Å². The Morgan fingerprint density at radius 3 is 2.56 bits per heavy atom. The minimum absolute atomic E-state index is 0.0956. The van der Waals surface area contributed by atoms with Gasteiger partial charge < -0.3 is 0 Å². The molecule has 0 N–H and O–H groups in total. The second-order valence-electron chi connectivity index (χ2n) is 5.17. The molecule has 1 heterocycles. The fourth-order valence-electron chi connectivity index (χ4n) is 1.92. The Kier molecular flexibility index (Phi) is 3.75. The van der Waals surface area contributed by atoms with E-state index in [1.54, 1.807) is 0 Å². The largest absolute Gasteiger partial charge is 0.299 e. The first-order valence-corrected chi connectivity index (χ1v) is 6.45. The zero-order valence-corrected chi connectivity index (χ0v) is 11.2. The summed E-state index contributed by atoms with van der Waals surface area (Å²) in [7, 11) is 0. The second kappa shape index (κ2) is 5.30. The molecule has 1 aromatic carbocycles. The number of aromatic nitrogens is 1. The number of rotatable bonds is 4. The maximum Gasteiger partial charge on any atom is 0.141 e. The summed E-state index contributed by atoms with van der Waals surface area (Å²) in [5, 5.41) is 1.12. The monoisotopic (exact) mass is 241 g/mol. The Hall–Kier alpha value is -1.70. The molecule has 0 aliphatic carbocycles. The molecule has 2 heteroatoms. The van der Waals surface area contributed by atoms with Gasteiger partial charge in [0, 0.05) is 23.4 Å². The summed E-state index contributed by atoms with van der Waals surface area (Å²) in [6.07, 6.45) is 0.435. The Balaban J connectivity index is 2.19. The number of hydrogen-bond donors (Lipinski definition) is 0. The lowest BCUT2D eigenvalue weighted by Crippen LogP contribution is -2.19. The van der Waals surface area contributed by atoms with Crippen molar-refractivity contribution in [3.8, 4) is 0 Å². The van der Waals surface area contributed by atoms with Crippen LogP contribution >= 0.6 is 0 Å². The molecule has 0 saturated carbocycles. The molecule has 0 aliphatic rings. The third-order valence-corrected chi connectivity index (χ3v) is 3.52. The highest BCUT2D eigenvalue weighted by Gasteiger charge is 2.17. The van der Waals surface area contributed by atoms with Crippen LogP contribution < -0.4 is 0 Å². The normalized spacial score (nSPS) is 12.9. The van der Waals surface area contributed by atoms with E-state index in [1.807, 2.05) is 43.3 Å². The van der Waals surface area contributed by atoms with Gasteiger partial charge in [-0.3, -0.25) is 9.78 Å². The van der Waals surface area contributed by atoms with Gasteiger partial charge in [0.1, 0.15) is 5.78 Å². The van der Waals surface area contributed by atoms with Crippen LogP contribution in [0, 0.1) is 11.8 Å². The first-order valence-electron chi connectivity index (χ1n) is 6.45. The van der Waals surface area contributed by atoms with Gasteiger partial charge >= 0.3 is 0 Å². The van der Waals surface area contributed by atoms with Crippen LogP contribution in [0.25, 0.3) is 10.9 Å². The molecule has 0 saturated heterocycles. The van der Waals surface area contributed by atoms with Crippen molar-refractivity contribution in [3.05, 3.63) is 42.1 Å². The lowest BCUT2D eigenvalue weighted by atomic mass is 9.91. The first kappa shape index (κ1) is 12.7. The molecular formula is C16H19NO. The van der Waals surface area contributed by atoms with Crippen molar-refractivity contribution >= 4 is 16.7 Å². The molecule has 0 fully saturated rings. The molecule has 0 bridgehead atoms. The Morgan fingerprint density at radius 2 is 1.83 bits per heavy atom. The lowest BCUT2D eigenvalue weighted by molar-refractivity contribution is -0.122. The highest BCUT2D eigenvalue weighted by Crippen LogP contribution is 2.16. The van der Waals surface area contributed by atoms with Gasteiger partial charge in [0.25, 0.3) is 0 Å². The van der Waals surface area contributed by atoms with Gasteiger partial charge in [-0.1, -0.05) is 45.0 Å². The topological polar surface area (TPSA) is 30.0 Å². The molecule has 2 nitrogen and oxygen atoms in total. The number of Topliss-reactive ketones (excluding diaryl/α,β-unsaturated/α-hetero) is 1. The minimum atomic E-state index is 0.0956. The standard InChI is InChI=1S/C16H19NO/c1-11(2)12(3)16(18)10-14-9-8-13-6-4-5-7-15(13)17-14/h4-9,11-12H,10H2,1-3H3. The van der Waals surface area contributed by atoms with Crippen LogP contribution in [0.5, 0.6) is 0 Å². The molecule has 94 valence electrons. The molecule has 2 aromatic rings.